The van der Waals surface area contributed by atoms with E-state index in [9.17, 15) is 14.9 Å². The van der Waals surface area contributed by atoms with Crippen molar-refractivity contribution in [2.45, 2.75) is 26.5 Å². The van der Waals surface area contributed by atoms with Crippen LogP contribution in [-0.4, -0.2) is 21.7 Å². The van der Waals surface area contributed by atoms with Gasteiger partial charge in [-0.3, -0.25) is 14.9 Å². The number of nitro groups is 1. The fourth-order valence-electron chi connectivity index (χ4n) is 2.03. The molecular formula is C15H17N3O4S. The van der Waals surface area contributed by atoms with Gasteiger partial charge in [0.15, 0.2) is 0 Å². The Kier molecular flexibility index (Phi) is 5.38. The van der Waals surface area contributed by atoms with E-state index in [1.54, 1.807) is 19.1 Å². The fraction of sp³-hybridized carbons (Fsp3) is 0.333. The molecule has 0 aliphatic heterocycles. The summed E-state index contributed by atoms with van der Waals surface area (Å²) in [5.41, 5.74) is 2.79. The van der Waals surface area contributed by atoms with E-state index in [1.807, 2.05) is 13.8 Å². The van der Waals surface area contributed by atoms with Crippen molar-refractivity contribution in [1.29, 1.82) is 0 Å². The lowest BCUT2D eigenvalue weighted by atomic mass is 10.2. The number of benzene rings is 1. The van der Waals surface area contributed by atoms with E-state index in [1.165, 1.54) is 17.8 Å². The summed E-state index contributed by atoms with van der Waals surface area (Å²) in [6.45, 7) is 5.35. The Morgan fingerprint density at radius 2 is 2.13 bits per heavy atom. The average Bonchev–Trinajstić information content (AvgIpc) is 2.80. The van der Waals surface area contributed by atoms with Crippen molar-refractivity contribution >= 4 is 29.0 Å². The van der Waals surface area contributed by atoms with E-state index in [2.05, 4.69) is 10.5 Å². The first kappa shape index (κ1) is 17.0. The van der Waals surface area contributed by atoms with Crippen molar-refractivity contribution in [1.82, 2.24) is 5.16 Å². The molecule has 122 valence electrons. The van der Waals surface area contributed by atoms with Crippen LogP contribution >= 0.6 is 11.8 Å². The summed E-state index contributed by atoms with van der Waals surface area (Å²) in [5, 5.41) is 17.4. The number of carbonyl (C=O) groups excluding carboxylic acids is 1. The molecule has 2 aromatic rings. The predicted molar refractivity (Wildman–Crippen MR) is 88.6 cm³/mol. The van der Waals surface area contributed by atoms with Crippen LogP contribution in [-0.2, 0) is 10.5 Å². The van der Waals surface area contributed by atoms with Crippen molar-refractivity contribution in [3.63, 3.8) is 0 Å². The Morgan fingerprint density at radius 1 is 1.39 bits per heavy atom. The number of nitrogens with zero attached hydrogens (tertiary/aromatic N) is 2. The van der Waals surface area contributed by atoms with E-state index in [0.717, 1.165) is 17.0 Å². The van der Waals surface area contributed by atoms with E-state index in [0.29, 0.717) is 17.0 Å². The van der Waals surface area contributed by atoms with Crippen LogP contribution in [0.2, 0.25) is 0 Å². The maximum Gasteiger partial charge on any atom is 0.274 e. The molecule has 0 unspecified atom stereocenters. The summed E-state index contributed by atoms with van der Waals surface area (Å²) < 4.78 is 5.07. The molecule has 0 bridgehead atoms. The number of aromatic nitrogens is 1. The minimum atomic E-state index is -0.461. The van der Waals surface area contributed by atoms with Gasteiger partial charge in [0.05, 0.1) is 16.4 Å². The molecule has 8 heteroatoms. The first-order chi connectivity index (χ1) is 10.9. The van der Waals surface area contributed by atoms with E-state index in [4.69, 9.17) is 4.52 Å². The lowest BCUT2D eigenvalue weighted by Crippen LogP contribution is -2.14. The highest BCUT2D eigenvalue weighted by atomic mass is 32.2. The van der Waals surface area contributed by atoms with E-state index in [-0.39, 0.29) is 17.3 Å². The van der Waals surface area contributed by atoms with Gasteiger partial charge in [-0.1, -0.05) is 11.2 Å². The van der Waals surface area contributed by atoms with Gasteiger partial charge in [-0.15, -0.1) is 11.8 Å². The van der Waals surface area contributed by atoms with E-state index >= 15 is 0 Å². The second-order valence-corrected chi connectivity index (χ2v) is 6.09. The Morgan fingerprint density at radius 3 is 2.74 bits per heavy atom. The Bertz CT molecular complexity index is 723. The lowest BCUT2D eigenvalue weighted by molar-refractivity contribution is -0.385. The largest absolute Gasteiger partial charge is 0.361 e. The number of rotatable bonds is 6. The molecule has 0 radical (unpaired) electrons. The molecule has 0 atom stereocenters. The van der Waals surface area contributed by atoms with Crippen molar-refractivity contribution in [2.24, 2.45) is 0 Å². The molecular weight excluding hydrogens is 318 g/mol. The monoisotopic (exact) mass is 335 g/mol. The topological polar surface area (TPSA) is 98.3 Å². The highest BCUT2D eigenvalue weighted by Crippen LogP contribution is 2.23. The number of hydrogen-bond donors (Lipinski definition) is 1. The number of aryl methyl sites for hydroxylation is 3. The first-order valence-electron chi connectivity index (χ1n) is 6.93. The third kappa shape index (κ3) is 4.32. The number of hydrogen-bond acceptors (Lipinski definition) is 6. The number of carbonyl (C=O) groups is 1. The summed E-state index contributed by atoms with van der Waals surface area (Å²) in [6, 6.07) is 4.64. The number of anilines is 1. The Balaban J connectivity index is 1.90. The van der Waals surface area contributed by atoms with Crippen LogP contribution in [0, 0.1) is 30.9 Å². The molecule has 0 aliphatic carbocycles. The van der Waals surface area contributed by atoms with Gasteiger partial charge >= 0.3 is 0 Å². The van der Waals surface area contributed by atoms with Gasteiger partial charge in [0.1, 0.15) is 5.76 Å². The van der Waals surface area contributed by atoms with Crippen LogP contribution < -0.4 is 5.32 Å². The average molecular weight is 335 g/mol. The molecule has 0 saturated carbocycles. The zero-order valence-corrected chi connectivity index (χ0v) is 13.9. The summed E-state index contributed by atoms with van der Waals surface area (Å²) >= 11 is 1.43. The van der Waals surface area contributed by atoms with Crippen LogP contribution in [0.25, 0.3) is 0 Å². The van der Waals surface area contributed by atoms with Crippen LogP contribution in [0.1, 0.15) is 22.6 Å². The standard InChI is InChI=1S/C15H17N3O4S/c1-9-4-5-12(6-14(9)18(20)21)16-15(19)8-23-7-13-10(2)17-22-11(13)3/h4-6H,7-8H2,1-3H3,(H,16,19). The van der Waals surface area contributed by atoms with Gasteiger partial charge in [-0.05, 0) is 26.8 Å². The molecule has 0 fully saturated rings. The van der Waals surface area contributed by atoms with Crippen molar-refractivity contribution in [3.8, 4) is 0 Å². The molecule has 1 heterocycles. The molecule has 1 aromatic carbocycles. The number of nitrogens with one attached hydrogen (secondary N) is 1. The zero-order chi connectivity index (χ0) is 17.0. The minimum absolute atomic E-state index is 0.00817. The van der Waals surface area contributed by atoms with Crippen LogP contribution in [0.15, 0.2) is 22.7 Å². The number of thioether (sulfide) groups is 1. The van der Waals surface area contributed by atoms with Gasteiger partial charge in [0, 0.05) is 28.6 Å². The maximum atomic E-state index is 11.9. The normalized spacial score (nSPS) is 10.6. The molecule has 1 aromatic heterocycles. The van der Waals surface area contributed by atoms with Crippen LogP contribution in [0.4, 0.5) is 11.4 Å². The molecule has 1 N–H and O–H groups in total. The lowest BCUT2D eigenvalue weighted by Gasteiger charge is -2.06. The Labute approximate surface area is 137 Å². The molecule has 7 nitrogen and oxygen atoms in total. The zero-order valence-electron chi connectivity index (χ0n) is 13.1. The quantitative estimate of drug-likeness (QED) is 0.642. The van der Waals surface area contributed by atoms with Gasteiger partial charge in [-0.25, -0.2) is 0 Å². The number of amides is 1. The van der Waals surface area contributed by atoms with Crippen molar-refractivity contribution in [3.05, 3.63) is 50.9 Å². The van der Waals surface area contributed by atoms with Crippen molar-refractivity contribution in [2.75, 3.05) is 11.1 Å². The molecule has 0 spiro atoms. The number of nitro benzene ring substituents is 1. The van der Waals surface area contributed by atoms with Gasteiger partial charge in [-0.2, -0.15) is 0 Å². The summed E-state index contributed by atoms with van der Waals surface area (Å²) in [7, 11) is 0. The SMILES string of the molecule is Cc1ccc(NC(=O)CSCc2c(C)noc2C)cc1[N+](=O)[O-]. The van der Waals surface area contributed by atoms with Gasteiger partial charge in [0.2, 0.25) is 5.91 Å². The summed E-state index contributed by atoms with van der Waals surface area (Å²) in [5.74, 6) is 1.42. The van der Waals surface area contributed by atoms with E-state index < -0.39 is 4.92 Å². The molecule has 23 heavy (non-hydrogen) atoms. The fourth-order valence-corrected chi connectivity index (χ4v) is 3.01. The van der Waals surface area contributed by atoms with Crippen LogP contribution in [0.3, 0.4) is 0 Å². The second kappa shape index (κ2) is 7.28. The van der Waals surface area contributed by atoms with Crippen molar-refractivity contribution < 1.29 is 14.2 Å². The molecule has 1 amide bonds. The third-order valence-electron chi connectivity index (χ3n) is 3.35. The highest BCUT2D eigenvalue weighted by molar-refractivity contribution is 7.99. The Hall–Kier alpha value is -2.35. The molecule has 0 saturated heterocycles. The third-order valence-corrected chi connectivity index (χ3v) is 4.31. The molecule has 2 rings (SSSR count). The minimum Gasteiger partial charge on any atom is -0.361 e. The summed E-state index contributed by atoms with van der Waals surface area (Å²) in [4.78, 5) is 22.4. The summed E-state index contributed by atoms with van der Waals surface area (Å²) in [6.07, 6.45) is 0. The van der Waals surface area contributed by atoms with Crippen LogP contribution in [0.5, 0.6) is 0 Å². The van der Waals surface area contributed by atoms with Gasteiger partial charge in [0.25, 0.3) is 5.69 Å². The highest BCUT2D eigenvalue weighted by Gasteiger charge is 2.13. The maximum absolute atomic E-state index is 11.9. The first-order valence-corrected chi connectivity index (χ1v) is 8.08. The molecule has 0 aliphatic rings. The smallest absolute Gasteiger partial charge is 0.274 e. The second-order valence-electron chi connectivity index (χ2n) is 5.10. The predicted octanol–water partition coefficient (Wildman–Crippen LogP) is 3.38. The van der Waals surface area contributed by atoms with Gasteiger partial charge < -0.3 is 9.84 Å².